The molecule has 2 N–H and O–H groups in total. The Morgan fingerprint density at radius 1 is 1.50 bits per heavy atom. The molecule has 1 saturated heterocycles. The molecule has 1 aromatic carbocycles. The van der Waals surface area contributed by atoms with Crippen LogP contribution in [0.2, 0.25) is 5.02 Å². The van der Waals surface area contributed by atoms with Crippen LogP contribution < -0.4 is 10.1 Å². The monoisotopic (exact) mass is 327 g/mol. The molecule has 1 fully saturated rings. The highest BCUT2D eigenvalue weighted by molar-refractivity contribution is 6.31. The average molecular weight is 328 g/mol. The topological polar surface area (TPSA) is 67.8 Å². The van der Waals surface area contributed by atoms with E-state index in [4.69, 9.17) is 21.1 Å². The molecular weight excluding hydrogens is 306 g/mol. The van der Waals surface area contributed by atoms with Gasteiger partial charge in [0.1, 0.15) is 5.75 Å². The number of methoxy groups -OCH3 is 1. The van der Waals surface area contributed by atoms with Crippen molar-refractivity contribution in [3.8, 4) is 5.75 Å². The fraction of sp³-hybridized carbons (Fsp3) is 0.562. The summed E-state index contributed by atoms with van der Waals surface area (Å²) in [5, 5.41) is 13.3. The highest BCUT2D eigenvalue weighted by Gasteiger charge is 2.29. The highest BCUT2D eigenvalue weighted by atomic mass is 35.5. The van der Waals surface area contributed by atoms with Crippen LogP contribution in [0.15, 0.2) is 18.2 Å². The molecule has 0 saturated carbocycles. The normalized spacial score (nSPS) is 17.2. The first-order valence-electron chi connectivity index (χ1n) is 7.46. The van der Waals surface area contributed by atoms with E-state index in [0.717, 1.165) is 18.4 Å². The van der Waals surface area contributed by atoms with Gasteiger partial charge in [-0.25, -0.2) is 0 Å². The predicted octanol–water partition coefficient (Wildman–Crippen LogP) is 2.57. The molecular formula is C16H22ClNO4. The second-order valence-corrected chi connectivity index (χ2v) is 5.85. The number of halogens is 1. The Balaban J connectivity index is 1.94. The van der Waals surface area contributed by atoms with Crippen molar-refractivity contribution in [3.05, 3.63) is 28.8 Å². The van der Waals surface area contributed by atoms with Gasteiger partial charge in [-0.15, -0.1) is 0 Å². The van der Waals surface area contributed by atoms with Crippen molar-refractivity contribution in [3.63, 3.8) is 0 Å². The molecule has 1 unspecified atom stereocenters. The molecule has 6 heteroatoms. The summed E-state index contributed by atoms with van der Waals surface area (Å²) in [6.45, 7) is 2.18. The van der Waals surface area contributed by atoms with Crippen LogP contribution in [-0.4, -0.2) is 37.9 Å². The Morgan fingerprint density at radius 2 is 2.23 bits per heavy atom. The van der Waals surface area contributed by atoms with Crippen molar-refractivity contribution < 1.29 is 19.4 Å². The number of carboxylic acid groups (broad SMARTS) is 1. The van der Waals surface area contributed by atoms with E-state index in [9.17, 15) is 9.90 Å². The van der Waals surface area contributed by atoms with Gasteiger partial charge in [0, 0.05) is 36.9 Å². The number of carboxylic acids is 1. The van der Waals surface area contributed by atoms with E-state index in [1.54, 1.807) is 13.2 Å². The molecule has 5 nitrogen and oxygen atoms in total. The predicted molar refractivity (Wildman–Crippen MR) is 84.4 cm³/mol. The summed E-state index contributed by atoms with van der Waals surface area (Å²) in [6.07, 6.45) is 1.60. The molecule has 1 aromatic rings. The maximum absolute atomic E-state index is 11.5. The smallest absolute Gasteiger partial charge is 0.308 e. The molecule has 1 aliphatic heterocycles. The Kier molecular flexibility index (Phi) is 6.49. The number of carbonyl (C=O) groups is 1. The lowest BCUT2D eigenvalue weighted by atomic mass is 9.86. The minimum Gasteiger partial charge on any atom is -0.496 e. The Labute approximate surface area is 135 Å². The second kappa shape index (κ2) is 8.36. The van der Waals surface area contributed by atoms with Gasteiger partial charge in [0.15, 0.2) is 0 Å². The van der Waals surface area contributed by atoms with Crippen LogP contribution in [-0.2, 0) is 16.1 Å². The third kappa shape index (κ3) is 4.35. The first kappa shape index (κ1) is 17.1. The molecule has 1 aliphatic rings. The van der Waals surface area contributed by atoms with Gasteiger partial charge in [0.05, 0.1) is 13.0 Å². The highest BCUT2D eigenvalue weighted by Crippen LogP contribution is 2.27. The van der Waals surface area contributed by atoms with Crippen molar-refractivity contribution >= 4 is 17.6 Å². The fourth-order valence-electron chi connectivity index (χ4n) is 2.83. The van der Waals surface area contributed by atoms with Gasteiger partial charge >= 0.3 is 5.97 Å². The van der Waals surface area contributed by atoms with Crippen molar-refractivity contribution in [2.75, 3.05) is 26.9 Å². The summed E-state index contributed by atoms with van der Waals surface area (Å²) in [7, 11) is 1.59. The molecule has 1 atom stereocenters. The van der Waals surface area contributed by atoms with Crippen molar-refractivity contribution in [2.45, 2.75) is 19.4 Å². The number of ether oxygens (including phenoxy) is 2. The lowest BCUT2D eigenvalue weighted by Crippen LogP contribution is -2.36. The summed E-state index contributed by atoms with van der Waals surface area (Å²) in [4.78, 5) is 11.5. The van der Waals surface area contributed by atoms with Crippen LogP contribution in [0.25, 0.3) is 0 Å². The number of rotatable bonds is 7. The first-order chi connectivity index (χ1) is 10.6. The molecule has 2 rings (SSSR count). The second-order valence-electron chi connectivity index (χ2n) is 5.45. The van der Waals surface area contributed by atoms with Gasteiger partial charge in [-0.2, -0.15) is 0 Å². The standard InChI is InChI=1S/C16H22ClNO4/c1-21-15-4-2-3-14(17)13(15)10-18-9-12(16(19)20)11-5-7-22-8-6-11/h2-4,11-12,18H,5-10H2,1H3,(H,19,20). The van der Waals surface area contributed by atoms with Crippen LogP contribution in [0.1, 0.15) is 18.4 Å². The summed E-state index contributed by atoms with van der Waals surface area (Å²) in [5.74, 6) is -0.298. The van der Waals surface area contributed by atoms with E-state index in [2.05, 4.69) is 5.32 Å². The van der Waals surface area contributed by atoms with E-state index >= 15 is 0 Å². The summed E-state index contributed by atoms with van der Waals surface area (Å²) in [6, 6.07) is 5.47. The molecule has 122 valence electrons. The minimum absolute atomic E-state index is 0.159. The number of aliphatic carboxylic acids is 1. The summed E-state index contributed by atoms with van der Waals surface area (Å²) in [5.41, 5.74) is 0.850. The van der Waals surface area contributed by atoms with Gasteiger partial charge in [0.25, 0.3) is 0 Å². The largest absolute Gasteiger partial charge is 0.496 e. The third-order valence-corrected chi connectivity index (χ3v) is 4.47. The van der Waals surface area contributed by atoms with E-state index in [1.807, 2.05) is 12.1 Å². The van der Waals surface area contributed by atoms with Crippen molar-refractivity contribution in [2.24, 2.45) is 11.8 Å². The molecule has 0 bridgehead atoms. The summed E-state index contributed by atoms with van der Waals surface area (Å²) < 4.78 is 10.6. The third-order valence-electron chi connectivity index (χ3n) is 4.11. The fourth-order valence-corrected chi connectivity index (χ4v) is 3.06. The van der Waals surface area contributed by atoms with Gasteiger partial charge < -0.3 is 19.9 Å². The van der Waals surface area contributed by atoms with E-state index in [1.165, 1.54) is 0 Å². The molecule has 0 radical (unpaired) electrons. The lowest BCUT2D eigenvalue weighted by Gasteiger charge is -2.27. The number of benzene rings is 1. The quantitative estimate of drug-likeness (QED) is 0.805. The number of hydrogen-bond acceptors (Lipinski definition) is 4. The Morgan fingerprint density at radius 3 is 2.86 bits per heavy atom. The van der Waals surface area contributed by atoms with E-state index < -0.39 is 11.9 Å². The van der Waals surface area contributed by atoms with Crippen molar-refractivity contribution in [1.82, 2.24) is 5.32 Å². The Hall–Kier alpha value is -1.30. The number of hydrogen-bond donors (Lipinski definition) is 2. The average Bonchev–Trinajstić information content (AvgIpc) is 2.53. The van der Waals surface area contributed by atoms with Gasteiger partial charge in [-0.1, -0.05) is 17.7 Å². The van der Waals surface area contributed by atoms with E-state index in [0.29, 0.717) is 37.1 Å². The van der Waals surface area contributed by atoms with Gasteiger partial charge in [-0.05, 0) is 30.9 Å². The molecule has 22 heavy (non-hydrogen) atoms. The molecule has 0 aromatic heterocycles. The molecule has 0 amide bonds. The van der Waals surface area contributed by atoms with Crippen LogP contribution >= 0.6 is 11.6 Å². The zero-order valence-corrected chi connectivity index (χ0v) is 13.4. The van der Waals surface area contributed by atoms with Crippen LogP contribution in [0, 0.1) is 11.8 Å². The van der Waals surface area contributed by atoms with E-state index in [-0.39, 0.29) is 5.92 Å². The molecule has 1 heterocycles. The Bertz CT molecular complexity index is 503. The van der Waals surface area contributed by atoms with Gasteiger partial charge in [-0.3, -0.25) is 4.79 Å². The maximum Gasteiger partial charge on any atom is 0.308 e. The SMILES string of the molecule is COc1cccc(Cl)c1CNCC(C(=O)O)C1CCOCC1. The molecule has 0 aliphatic carbocycles. The zero-order chi connectivity index (χ0) is 15.9. The van der Waals surface area contributed by atoms with Gasteiger partial charge in [0.2, 0.25) is 0 Å². The molecule has 0 spiro atoms. The maximum atomic E-state index is 11.5. The number of nitrogens with one attached hydrogen (secondary N) is 1. The van der Waals surface area contributed by atoms with Crippen molar-refractivity contribution in [1.29, 1.82) is 0 Å². The minimum atomic E-state index is -0.759. The summed E-state index contributed by atoms with van der Waals surface area (Å²) >= 11 is 6.18. The zero-order valence-electron chi connectivity index (χ0n) is 12.7. The van der Waals surface area contributed by atoms with Crippen LogP contribution in [0.4, 0.5) is 0 Å². The lowest BCUT2D eigenvalue weighted by molar-refractivity contribution is -0.144. The first-order valence-corrected chi connectivity index (χ1v) is 7.84. The van der Waals surface area contributed by atoms with Crippen LogP contribution in [0.3, 0.4) is 0 Å². The van der Waals surface area contributed by atoms with Crippen LogP contribution in [0.5, 0.6) is 5.75 Å².